The summed E-state index contributed by atoms with van der Waals surface area (Å²) in [6.07, 6.45) is -1.03. The molecule has 0 unspecified atom stereocenters. The molecule has 0 bridgehead atoms. The Kier molecular flexibility index (Phi) is 4.75. The Labute approximate surface area is 177 Å². The van der Waals surface area contributed by atoms with Gasteiger partial charge in [-0.1, -0.05) is 54.6 Å². The van der Waals surface area contributed by atoms with Crippen molar-refractivity contribution in [2.24, 2.45) is 5.92 Å². The molecule has 2 fully saturated rings. The van der Waals surface area contributed by atoms with Gasteiger partial charge in [0.25, 0.3) is 5.91 Å². The van der Waals surface area contributed by atoms with Gasteiger partial charge in [0, 0.05) is 0 Å². The Bertz CT molecular complexity index is 1140. The molecular weight excluding hydrogens is 402 g/mol. The number of rotatable bonds is 4. The van der Waals surface area contributed by atoms with E-state index in [1.165, 1.54) is 16.0 Å². The average molecular weight is 420 g/mol. The van der Waals surface area contributed by atoms with E-state index in [1.54, 1.807) is 24.3 Å². The SMILES string of the molecule is O=C1[C@H]2[C@@H](ON(c3ccccc3)[C@H]2c2ccc(F)c(F)c2)C(=O)N1Cc1ccccc1. The number of carbonyl (C=O) groups is 2. The van der Waals surface area contributed by atoms with Gasteiger partial charge in [-0.05, 0) is 35.4 Å². The molecule has 0 aliphatic carbocycles. The van der Waals surface area contributed by atoms with Gasteiger partial charge in [0.2, 0.25) is 5.91 Å². The molecule has 2 heterocycles. The number of hydrogen-bond donors (Lipinski definition) is 0. The van der Waals surface area contributed by atoms with Gasteiger partial charge in [-0.3, -0.25) is 19.3 Å². The zero-order valence-electron chi connectivity index (χ0n) is 16.3. The third kappa shape index (κ3) is 3.27. The lowest BCUT2D eigenvalue weighted by atomic mass is 9.90. The average Bonchev–Trinajstić information content (AvgIpc) is 3.29. The molecule has 7 heteroatoms. The van der Waals surface area contributed by atoms with Crippen LogP contribution in [-0.4, -0.2) is 22.8 Å². The van der Waals surface area contributed by atoms with Gasteiger partial charge in [0.05, 0.1) is 18.3 Å². The summed E-state index contributed by atoms with van der Waals surface area (Å²) < 4.78 is 27.6. The monoisotopic (exact) mass is 420 g/mol. The second-order valence-electron chi connectivity index (χ2n) is 7.58. The fourth-order valence-electron chi connectivity index (χ4n) is 4.23. The summed E-state index contributed by atoms with van der Waals surface area (Å²) >= 11 is 0. The number of anilines is 1. The molecule has 3 aromatic rings. The quantitative estimate of drug-likeness (QED) is 0.599. The van der Waals surface area contributed by atoms with Gasteiger partial charge < -0.3 is 0 Å². The Hall–Kier alpha value is -3.58. The highest BCUT2D eigenvalue weighted by Gasteiger charge is 2.59. The molecule has 5 nitrogen and oxygen atoms in total. The number of fused-ring (bicyclic) bond motifs is 1. The fraction of sp³-hybridized carbons (Fsp3) is 0.167. The second-order valence-corrected chi connectivity index (χ2v) is 7.58. The van der Waals surface area contributed by atoms with Crippen LogP contribution in [0, 0.1) is 17.6 Å². The first-order valence-corrected chi connectivity index (χ1v) is 9.90. The molecule has 2 amide bonds. The topological polar surface area (TPSA) is 49.9 Å². The summed E-state index contributed by atoms with van der Waals surface area (Å²) in [4.78, 5) is 33.6. The van der Waals surface area contributed by atoms with Gasteiger partial charge in [-0.2, -0.15) is 0 Å². The summed E-state index contributed by atoms with van der Waals surface area (Å²) in [5.41, 5.74) is 1.79. The molecule has 0 N–H and O–H groups in total. The molecule has 2 aliphatic rings. The summed E-state index contributed by atoms with van der Waals surface area (Å²) in [6, 6.07) is 20.8. The smallest absolute Gasteiger partial charge is 0.262 e. The minimum atomic E-state index is -1.03. The van der Waals surface area contributed by atoms with E-state index in [4.69, 9.17) is 4.84 Å². The molecule has 0 saturated carbocycles. The van der Waals surface area contributed by atoms with Crippen molar-refractivity contribution in [1.82, 2.24) is 4.90 Å². The molecule has 5 rings (SSSR count). The Morgan fingerprint density at radius 2 is 1.48 bits per heavy atom. The van der Waals surface area contributed by atoms with Crippen LogP contribution in [0.2, 0.25) is 0 Å². The Balaban J connectivity index is 1.54. The van der Waals surface area contributed by atoms with Crippen LogP contribution in [0.15, 0.2) is 78.9 Å². The van der Waals surface area contributed by atoms with Crippen LogP contribution in [0.1, 0.15) is 17.2 Å². The Morgan fingerprint density at radius 3 is 2.16 bits per heavy atom. The van der Waals surface area contributed by atoms with E-state index in [-0.39, 0.29) is 6.54 Å². The highest BCUT2D eigenvalue weighted by molar-refractivity contribution is 6.07. The number of benzene rings is 3. The zero-order valence-corrected chi connectivity index (χ0v) is 16.3. The Morgan fingerprint density at radius 1 is 0.806 bits per heavy atom. The molecule has 156 valence electrons. The number of likely N-dealkylation sites (tertiary alicyclic amines) is 1. The molecule has 2 aliphatic heterocycles. The molecule has 0 spiro atoms. The van der Waals surface area contributed by atoms with Crippen molar-refractivity contribution in [3.8, 4) is 0 Å². The lowest BCUT2D eigenvalue weighted by Gasteiger charge is -2.28. The van der Waals surface area contributed by atoms with Gasteiger partial charge in [0.1, 0.15) is 5.92 Å². The van der Waals surface area contributed by atoms with Crippen molar-refractivity contribution in [2.45, 2.75) is 18.7 Å². The van der Waals surface area contributed by atoms with Crippen molar-refractivity contribution >= 4 is 17.5 Å². The van der Waals surface area contributed by atoms with Crippen LogP contribution in [0.25, 0.3) is 0 Å². The van der Waals surface area contributed by atoms with Crippen molar-refractivity contribution in [3.63, 3.8) is 0 Å². The standard InChI is InChI=1S/C24H18F2N2O3/c25-18-12-11-16(13-19(18)26)21-20-22(31-28(21)17-9-5-2-6-10-17)24(30)27(23(20)29)14-15-7-3-1-4-8-15/h1-13,20-22H,14H2/t20-,21+,22-/m1/s1. The largest absolute Gasteiger partial charge is 0.275 e. The van der Waals surface area contributed by atoms with Crippen molar-refractivity contribution < 1.29 is 23.2 Å². The van der Waals surface area contributed by atoms with E-state index in [0.717, 1.165) is 17.7 Å². The fourth-order valence-corrected chi connectivity index (χ4v) is 4.23. The molecule has 3 aromatic carbocycles. The van der Waals surface area contributed by atoms with Crippen molar-refractivity contribution in [2.75, 3.05) is 5.06 Å². The molecule has 3 atom stereocenters. The number of nitrogens with zero attached hydrogens (tertiary/aromatic N) is 2. The minimum absolute atomic E-state index is 0.130. The highest BCUT2D eigenvalue weighted by Crippen LogP contribution is 2.47. The maximum Gasteiger partial charge on any atom is 0.262 e. The molecule has 31 heavy (non-hydrogen) atoms. The van der Waals surface area contributed by atoms with E-state index in [9.17, 15) is 18.4 Å². The molecule has 2 saturated heterocycles. The van der Waals surface area contributed by atoms with Gasteiger partial charge in [-0.15, -0.1) is 0 Å². The van der Waals surface area contributed by atoms with Gasteiger partial charge >= 0.3 is 0 Å². The maximum absolute atomic E-state index is 14.0. The third-order valence-corrected chi connectivity index (χ3v) is 5.69. The van der Waals surface area contributed by atoms with E-state index >= 15 is 0 Å². The number of para-hydroxylation sites is 1. The normalized spacial score (nSPS) is 22.8. The van der Waals surface area contributed by atoms with Crippen LogP contribution in [0.3, 0.4) is 0 Å². The first-order chi connectivity index (χ1) is 15.0. The number of carbonyl (C=O) groups excluding carboxylic acids is 2. The number of imide groups is 1. The summed E-state index contributed by atoms with van der Waals surface area (Å²) in [6.45, 7) is 0.130. The van der Waals surface area contributed by atoms with Crippen LogP contribution in [0.5, 0.6) is 0 Å². The predicted octanol–water partition coefficient (Wildman–Crippen LogP) is 4.01. The number of halogens is 2. The first-order valence-electron chi connectivity index (χ1n) is 9.90. The van der Waals surface area contributed by atoms with Gasteiger partial charge in [-0.25, -0.2) is 13.8 Å². The molecular formula is C24H18F2N2O3. The van der Waals surface area contributed by atoms with E-state index in [1.807, 2.05) is 36.4 Å². The number of amides is 2. The number of hydrogen-bond acceptors (Lipinski definition) is 4. The summed E-state index contributed by atoms with van der Waals surface area (Å²) in [5.74, 6) is -3.71. The van der Waals surface area contributed by atoms with E-state index in [0.29, 0.717) is 11.3 Å². The maximum atomic E-state index is 14.0. The van der Waals surface area contributed by atoms with Crippen LogP contribution >= 0.6 is 0 Å². The highest BCUT2D eigenvalue weighted by atomic mass is 19.2. The zero-order chi connectivity index (χ0) is 21.5. The van der Waals surface area contributed by atoms with Crippen molar-refractivity contribution in [3.05, 3.63) is 102 Å². The van der Waals surface area contributed by atoms with Crippen LogP contribution < -0.4 is 5.06 Å². The molecule has 0 radical (unpaired) electrons. The summed E-state index contributed by atoms with van der Waals surface area (Å²) in [7, 11) is 0. The van der Waals surface area contributed by atoms with Crippen LogP contribution in [0.4, 0.5) is 14.5 Å². The van der Waals surface area contributed by atoms with Crippen molar-refractivity contribution in [1.29, 1.82) is 0 Å². The third-order valence-electron chi connectivity index (χ3n) is 5.69. The molecule has 0 aromatic heterocycles. The van der Waals surface area contributed by atoms with E-state index < -0.39 is 41.5 Å². The van der Waals surface area contributed by atoms with Crippen LogP contribution in [-0.2, 0) is 21.0 Å². The minimum Gasteiger partial charge on any atom is -0.275 e. The van der Waals surface area contributed by atoms with E-state index in [2.05, 4.69) is 0 Å². The lowest BCUT2D eigenvalue weighted by molar-refractivity contribution is -0.143. The second kappa shape index (κ2) is 7.59. The lowest BCUT2D eigenvalue weighted by Crippen LogP contribution is -2.37. The predicted molar refractivity (Wildman–Crippen MR) is 108 cm³/mol. The first kappa shape index (κ1) is 19.4. The van der Waals surface area contributed by atoms with Gasteiger partial charge in [0.15, 0.2) is 17.7 Å². The number of hydroxylamine groups is 1. The summed E-state index contributed by atoms with van der Waals surface area (Å²) in [5, 5.41) is 1.46.